The molecule has 0 bridgehead atoms. The Labute approximate surface area is 181 Å². The quantitative estimate of drug-likeness (QED) is 0.684. The third-order valence-corrected chi connectivity index (χ3v) is 6.48. The number of rotatable bonds is 7. The standard InChI is InChI=1S/C22H25N3O5S/c26-22(16-8-10-18(11-9-16)30-15-19-5-3-13-29-19)24-17-4-1-6-20(14-17)31(27,28)25-21-7-2-12-23-21/h1,4,6,8-11,14,19H,2-3,5,7,12-13,15H2,(H,23,25)(H,24,26). The number of amides is 1. The van der Waals surface area contributed by atoms with Crippen molar-refractivity contribution in [1.29, 1.82) is 0 Å². The molecule has 2 heterocycles. The fourth-order valence-corrected chi connectivity index (χ4v) is 4.58. The highest BCUT2D eigenvalue weighted by atomic mass is 32.2. The van der Waals surface area contributed by atoms with Gasteiger partial charge in [-0.1, -0.05) is 6.07 Å². The Balaban J connectivity index is 1.37. The first-order chi connectivity index (χ1) is 15.0. The molecule has 0 aliphatic carbocycles. The molecule has 2 N–H and O–H groups in total. The van der Waals surface area contributed by atoms with Gasteiger partial charge in [-0.25, -0.2) is 8.42 Å². The van der Waals surface area contributed by atoms with Gasteiger partial charge in [-0.3, -0.25) is 14.5 Å². The van der Waals surface area contributed by atoms with Gasteiger partial charge in [0.1, 0.15) is 18.2 Å². The first kappa shape index (κ1) is 21.3. The van der Waals surface area contributed by atoms with Crippen LogP contribution in [0.4, 0.5) is 5.69 Å². The summed E-state index contributed by atoms with van der Waals surface area (Å²) < 4.78 is 38.9. The molecule has 1 atom stereocenters. The van der Waals surface area contributed by atoms with E-state index in [0.29, 0.717) is 42.4 Å². The van der Waals surface area contributed by atoms with Crippen LogP contribution in [0.5, 0.6) is 5.75 Å². The third kappa shape index (κ3) is 5.62. The van der Waals surface area contributed by atoms with Crippen LogP contribution in [0.3, 0.4) is 0 Å². The highest BCUT2D eigenvalue weighted by molar-refractivity contribution is 7.90. The van der Waals surface area contributed by atoms with E-state index < -0.39 is 10.0 Å². The van der Waals surface area contributed by atoms with E-state index in [9.17, 15) is 13.2 Å². The Hall–Kier alpha value is -2.91. The monoisotopic (exact) mass is 443 g/mol. The number of hydrogen-bond acceptors (Lipinski definition) is 6. The maximum Gasteiger partial charge on any atom is 0.262 e. The summed E-state index contributed by atoms with van der Waals surface area (Å²) in [5, 5.41) is 2.74. The van der Waals surface area contributed by atoms with E-state index >= 15 is 0 Å². The molecule has 1 amide bonds. The van der Waals surface area contributed by atoms with E-state index in [-0.39, 0.29) is 16.9 Å². The van der Waals surface area contributed by atoms with Gasteiger partial charge in [0.05, 0.1) is 11.0 Å². The average molecular weight is 444 g/mol. The molecule has 164 valence electrons. The highest BCUT2D eigenvalue weighted by Crippen LogP contribution is 2.19. The Morgan fingerprint density at radius 1 is 1.16 bits per heavy atom. The molecule has 31 heavy (non-hydrogen) atoms. The summed E-state index contributed by atoms with van der Waals surface area (Å²) in [5.41, 5.74) is 0.830. The third-order valence-electron chi connectivity index (χ3n) is 5.11. The smallest absolute Gasteiger partial charge is 0.262 e. The fraction of sp³-hybridized carbons (Fsp3) is 0.364. The first-order valence-electron chi connectivity index (χ1n) is 10.3. The number of sulfonamides is 1. The Bertz CT molecular complexity index is 1060. The normalized spacial score (nSPS) is 18.5. The van der Waals surface area contributed by atoms with Crippen LogP contribution in [-0.2, 0) is 14.8 Å². The predicted molar refractivity (Wildman–Crippen MR) is 117 cm³/mol. The van der Waals surface area contributed by atoms with Crippen molar-refractivity contribution in [3.05, 3.63) is 54.1 Å². The number of carbonyl (C=O) groups excluding carboxylic acids is 1. The van der Waals surface area contributed by atoms with Crippen LogP contribution in [0.1, 0.15) is 36.0 Å². The number of amidine groups is 1. The van der Waals surface area contributed by atoms with Gasteiger partial charge in [0.2, 0.25) is 0 Å². The van der Waals surface area contributed by atoms with Gasteiger partial charge < -0.3 is 14.8 Å². The molecule has 1 unspecified atom stereocenters. The van der Waals surface area contributed by atoms with E-state index in [1.165, 1.54) is 12.1 Å². The van der Waals surface area contributed by atoms with Crippen molar-refractivity contribution in [2.24, 2.45) is 4.99 Å². The molecule has 1 fully saturated rings. The number of aliphatic imine (C=N–C) groups is 1. The molecule has 2 aliphatic rings. The number of carbonyl (C=O) groups is 1. The van der Waals surface area contributed by atoms with Gasteiger partial charge in [-0.2, -0.15) is 0 Å². The lowest BCUT2D eigenvalue weighted by molar-refractivity contribution is 0.0679. The molecule has 2 aromatic rings. The number of anilines is 1. The van der Waals surface area contributed by atoms with Gasteiger partial charge in [-0.15, -0.1) is 0 Å². The maximum atomic E-state index is 12.6. The van der Waals surface area contributed by atoms with Crippen molar-refractivity contribution in [1.82, 2.24) is 4.72 Å². The van der Waals surface area contributed by atoms with Crippen LogP contribution in [0.2, 0.25) is 0 Å². The molecule has 2 aromatic carbocycles. The van der Waals surface area contributed by atoms with Crippen molar-refractivity contribution in [3.63, 3.8) is 0 Å². The summed E-state index contributed by atoms with van der Waals surface area (Å²) in [6, 6.07) is 12.9. The minimum atomic E-state index is -3.74. The van der Waals surface area contributed by atoms with E-state index in [1.807, 2.05) is 0 Å². The van der Waals surface area contributed by atoms with Crippen LogP contribution in [0.15, 0.2) is 58.4 Å². The molecular weight excluding hydrogens is 418 g/mol. The Morgan fingerprint density at radius 2 is 2.00 bits per heavy atom. The Kier molecular flexibility index (Phi) is 6.53. The minimum absolute atomic E-state index is 0.0674. The predicted octanol–water partition coefficient (Wildman–Crippen LogP) is 2.97. The highest BCUT2D eigenvalue weighted by Gasteiger charge is 2.19. The lowest BCUT2D eigenvalue weighted by Gasteiger charge is -2.12. The number of nitrogens with one attached hydrogen (secondary N) is 2. The summed E-state index contributed by atoms with van der Waals surface area (Å²) in [5.74, 6) is 0.797. The topological polar surface area (TPSA) is 106 Å². The summed E-state index contributed by atoms with van der Waals surface area (Å²) in [6.45, 7) is 1.90. The van der Waals surface area contributed by atoms with Crippen LogP contribution in [0, 0.1) is 0 Å². The van der Waals surface area contributed by atoms with Crippen molar-refractivity contribution < 1.29 is 22.7 Å². The van der Waals surface area contributed by atoms with Gasteiger partial charge >= 0.3 is 0 Å². The first-order valence-corrected chi connectivity index (χ1v) is 11.8. The second-order valence-electron chi connectivity index (χ2n) is 7.49. The van der Waals surface area contributed by atoms with Crippen LogP contribution in [-0.4, -0.2) is 46.0 Å². The molecule has 0 radical (unpaired) electrons. The second-order valence-corrected chi connectivity index (χ2v) is 9.17. The van der Waals surface area contributed by atoms with Crippen LogP contribution < -0.4 is 14.8 Å². The number of benzene rings is 2. The molecule has 1 saturated heterocycles. The zero-order valence-electron chi connectivity index (χ0n) is 17.0. The molecular formula is C22H25N3O5S. The van der Waals surface area contributed by atoms with E-state index in [1.54, 1.807) is 36.4 Å². The Morgan fingerprint density at radius 3 is 2.71 bits per heavy atom. The summed E-state index contributed by atoms with van der Waals surface area (Å²) in [4.78, 5) is 16.8. The molecule has 0 aromatic heterocycles. The zero-order valence-corrected chi connectivity index (χ0v) is 17.9. The zero-order chi connectivity index (χ0) is 21.7. The molecule has 0 saturated carbocycles. The van der Waals surface area contributed by atoms with Crippen molar-refractivity contribution >= 4 is 27.5 Å². The number of ether oxygens (including phenoxy) is 2. The molecule has 0 spiro atoms. The fourth-order valence-electron chi connectivity index (χ4n) is 3.45. The van der Waals surface area contributed by atoms with Crippen molar-refractivity contribution in [2.75, 3.05) is 25.1 Å². The molecule has 4 rings (SSSR count). The summed E-state index contributed by atoms with van der Waals surface area (Å²) in [6.07, 6.45) is 3.64. The SMILES string of the molecule is O=C(Nc1cccc(S(=O)(=O)NC2=NCCC2)c1)c1ccc(OCC2CCCO2)cc1. The average Bonchev–Trinajstić information content (AvgIpc) is 3.47. The number of hydrogen-bond donors (Lipinski definition) is 2. The van der Waals surface area contributed by atoms with Gasteiger partial charge in [0, 0.05) is 30.8 Å². The summed E-state index contributed by atoms with van der Waals surface area (Å²) in [7, 11) is -3.74. The van der Waals surface area contributed by atoms with E-state index in [4.69, 9.17) is 9.47 Å². The largest absolute Gasteiger partial charge is 0.491 e. The molecule has 8 nitrogen and oxygen atoms in total. The van der Waals surface area contributed by atoms with Gasteiger partial charge in [0.25, 0.3) is 15.9 Å². The summed E-state index contributed by atoms with van der Waals surface area (Å²) >= 11 is 0. The lowest BCUT2D eigenvalue weighted by atomic mass is 10.2. The van der Waals surface area contributed by atoms with Crippen molar-refractivity contribution in [2.45, 2.75) is 36.7 Å². The number of nitrogens with zero attached hydrogens (tertiary/aromatic N) is 1. The van der Waals surface area contributed by atoms with Gasteiger partial charge in [-0.05, 0) is 61.7 Å². The molecule has 9 heteroatoms. The van der Waals surface area contributed by atoms with E-state index in [0.717, 1.165) is 25.9 Å². The van der Waals surface area contributed by atoms with E-state index in [2.05, 4.69) is 15.0 Å². The second kappa shape index (κ2) is 9.49. The lowest BCUT2D eigenvalue weighted by Crippen LogP contribution is -2.29. The van der Waals surface area contributed by atoms with Crippen LogP contribution >= 0.6 is 0 Å². The maximum absolute atomic E-state index is 12.6. The van der Waals surface area contributed by atoms with Crippen molar-refractivity contribution in [3.8, 4) is 5.75 Å². The molecule has 2 aliphatic heterocycles. The van der Waals surface area contributed by atoms with Crippen LogP contribution in [0.25, 0.3) is 0 Å². The van der Waals surface area contributed by atoms with Gasteiger partial charge in [0.15, 0.2) is 0 Å². The minimum Gasteiger partial charge on any atom is -0.491 e.